The van der Waals surface area contributed by atoms with E-state index in [1.165, 1.54) is 0 Å². The summed E-state index contributed by atoms with van der Waals surface area (Å²) >= 11 is 0. The van der Waals surface area contributed by atoms with Gasteiger partial charge in [0, 0.05) is 5.56 Å². The Kier molecular flexibility index (Phi) is 7.96. The van der Waals surface area contributed by atoms with Crippen molar-refractivity contribution in [3.8, 4) is 5.75 Å². The van der Waals surface area contributed by atoms with Crippen LogP contribution in [-0.4, -0.2) is 11.2 Å². The van der Waals surface area contributed by atoms with Crippen molar-refractivity contribution in [2.75, 3.05) is 0 Å². The Balaban J connectivity index is 0.00000242. The summed E-state index contributed by atoms with van der Waals surface area (Å²) in [4.78, 5) is 0. The van der Waals surface area contributed by atoms with Crippen LogP contribution in [0.25, 0.3) is 0 Å². The molecule has 2 aromatic carbocycles. The van der Waals surface area contributed by atoms with Crippen LogP contribution in [0.15, 0.2) is 54.6 Å². The Hall–Kier alpha value is -1.55. The van der Waals surface area contributed by atoms with Crippen LogP contribution < -0.4 is 10.5 Å². The quantitative estimate of drug-likeness (QED) is 0.814. The SMILES string of the molecule is CCC[C@@H](O)[C@@H](N)c1ccccc1OCc1ccccc1.Cl. The molecule has 0 heterocycles. The standard InChI is InChI=1S/C18H23NO2.ClH/c1-2-8-16(20)18(19)15-11-6-7-12-17(15)21-13-14-9-4-3-5-10-14;/h3-7,9-12,16,18,20H,2,8,13,19H2,1H3;1H/t16-,18+;/m1./s1. The van der Waals surface area contributed by atoms with Gasteiger partial charge in [0.25, 0.3) is 0 Å². The van der Waals surface area contributed by atoms with E-state index in [9.17, 15) is 5.11 Å². The number of benzene rings is 2. The molecule has 0 amide bonds. The Labute approximate surface area is 138 Å². The van der Waals surface area contributed by atoms with Gasteiger partial charge in [0.15, 0.2) is 0 Å². The smallest absolute Gasteiger partial charge is 0.124 e. The summed E-state index contributed by atoms with van der Waals surface area (Å²) in [7, 11) is 0. The predicted molar refractivity (Wildman–Crippen MR) is 92.3 cm³/mol. The van der Waals surface area contributed by atoms with Crippen molar-refractivity contribution in [1.29, 1.82) is 0 Å². The summed E-state index contributed by atoms with van der Waals surface area (Å²) in [6, 6.07) is 17.2. The lowest BCUT2D eigenvalue weighted by Gasteiger charge is -2.21. The third-order valence-corrected chi connectivity index (χ3v) is 3.51. The minimum absolute atomic E-state index is 0. The highest BCUT2D eigenvalue weighted by molar-refractivity contribution is 5.85. The third kappa shape index (κ3) is 5.02. The van der Waals surface area contributed by atoms with Crippen LogP contribution in [0.1, 0.15) is 36.9 Å². The van der Waals surface area contributed by atoms with Gasteiger partial charge in [-0.05, 0) is 18.1 Å². The highest BCUT2D eigenvalue weighted by atomic mass is 35.5. The van der Waals surface area contributed by atoms with E-state index in [0.29, 0.717) is 13.0 Å². The van der Waals surface area contributed by atoms with Crippen molar-refractivity contribution < 1.29 is 9.84 Å². The first-order chi connectivity index (χ1) is 10.2. The maximum Gasteiger partial charge on any atom is 0.124 e. The molecule has 2 atom stereocenters. The molecule has 0 aromatic heterocycles. The average molecular weight is 322 g/mol. The maximum atomic E-state index is 10.1. The largest absolute Gasteiger partial charge is 0.489 e. The number of hydrogen-bond acceptors (Lipinski definition) is 3. The number of nitrogens with two attached hydrogens (primary N) is 1. The first-order valence-corrected chi connectivity index (χ1v) is 7.41. The number of para-hydroxylation sites is 1. The fourth-order valence-corrected chi connectivity index (χ4v) is 2.31. The molecule has 0 saturated carbocycles. The lowest BCUT2D eigenvalue weighted by molar-refractivity contribution is 0.132. The first kappa shape index (κ1) is 18.5. The van der Waals surface area contributed by atoms with Crippen molar-refractivity contribution >= 4 is 12.4 Å². The van der Waals surface area contributed by atoms with E-state index in [1.807, 2.05) is 61.5 Å². The zero-order valence-corrected chi connectivity index (χ0v) is 13.6. The van der Waals surface area contributed by atoms with E-state index in [1.54, 1.807) is 0 Å². The molecular formula is C18H24ClNO2. The Bertz CT molecular complexity index is 548. The van der Waals surface area contributed by atoms with Gasteiger partial charge in [-0.25, -0.2) is 0 Å². The molecule has 0 unspecified atom stereocenters. The van der Waals surface area contributed by atoms with Crippen molar-refractivity contribution in [2.24, 2.45) is 5.73 Å². The molecule has 0 aliphatic rings. The molecule has 0 spiro atoms. The molecule has 0 aliphatic carbocycles. The predicted octanol–water partition coefficient (Wildman–Crippen LogP) is 3.85. The second kappa shape index (κ2) is 9.46. The molecule has 0 radical (unpaired) electrons. The number of halogens is 1. The lowest BCUT2D eigenvalue weighted by atomic mass is 9.98. The zero-order valence-electron chi connectivity index (χ0n) is 12.8. The first-order valence-electron chi connectivity index (χ1n) is 7.41. The summed E-state index contributed by atoms with van der Waals surface area (Å²) in [5.41, 5.74) is 8.13. The second-order valence-corrected chi connectivity index (χ2v) is 5.19. The molecule has 0 bridgehead atoms. The Morgan fingerprint density at radius 1 is 1.05 bits per heavy atom. The van der Waals surface area contributed by atoms with Crippen molar-refractivity contribution in [3.63, 3.8) is 0 Å². The summed E-state index contributed by atoms with van der Waals surface area (Å²) in [6.07, 6.45) is 1.05. The molecule has 2 aromatic rings. The fraction of sp³-hybridized carbons (Fsp3) is 0.333. The molecule has 2 rings (SSSR count). The monoisotopic (exact) mass is 321 g/mol. The van der Waals surface area contributed by atoms with E-state index in [0.717, 1.165) is 23.3 Å². The average Bonchev–Trinajstić information content (AvgIpc) is 2.54. The second-order valence-electron chi connectivity index (χ2n) is 5.19. The number of rotatable bonds is 7. The zero-order chi connectivity index (χ0) is 15.1. The molecule has 4 heteroatoms. The molecule has 3 N–H and O–H groups in total. The van der Waals surface area contributed by atoms with Gasteiger partial charge >= 0.3 is 0 Å². The van der Waals surface area contributed by atoms with Crippen molar-refractivity contribution in [2.45, 2.75) is 38.5 Å². The highest BCUT2D eigenvalue weighted by Gasteiger charge is 2.19. The number of ether oxygens (including phenoxy) is 1. The summed E-state index contributed by atoms with van der Waals surface area (Å²) in [5, 5.41) is 10.1. The fourth-order valence-electron chi connectivity index (χ4n) is 2.31. The minimum atomic E-state index is -0.545. The van der Waals surface area contributed by atoms with Crippen molar-refractivity contribution in [1.82, 2.24) is 0 Å². The van der Waals surface area contributed by atoms with E-state index in [2.05, 4.69) is 0 Å². The van der Waals surface area contributed by atoms with E-state index in [-0.39, 0.29) is 12.4 Å². The Morgan fingerprint density at radius 3 is 2.36 bits per heavy atom. The van der Waals surface area contributed by atoms with Gasteiger partial charge in [-0.2, -0.15) is 0 Å². The van der Waals surface area contributed by atoms with E-state index in [4.69, 9.17) is 10.5 Å². The number of hydrogen-bond donors (Lipinski definition) is 2. The lowest BCUT2D eigenvalue weighted by Crippen LogP contribution is -2.26. The summed E-state index contributed by atoms with van der Waals surface area (Å²) < 4.78 is 5.88. The van der Waals surface area contributed by atoms with Gasteiger partial charge in [-0.1, -0.05) is 61.9 Å². The summed E-state index contributed by atoms with van der Waals surface area (Å²) in [6.45, 7) is 2.53. The molecule has 3 nitrogen and oxygen atoms in total. The molecule has 120 valence electrons. The van der Waals surface area contributed by atoms with Crippen LogP contribution >= 0.6 is 12.4 Å². The molecule has 0 fully saturated rings. The van der Waals surface area contributed by atoms with E-state index >= 15 is 0 Å². The van der Waals surface area contributed by atoms with Crippen LogP contribution in [-0.2, 0) is 6.61 Å². The third-order valence-electron chi connectivity index (χ3n) is 3.51. The topological polar surface area (TPSA) is 55.5 Å². The van der Waals surface area contributed by atoms with Crippen LogP contribution in [0.5, 0.6) is 5.75 Å². The van der Waals surface area contributed by atoms with Crippen LogP contribution in [0.3, 0.4) is 0 Å². The number of aliphatic hydroxyl groups excluding tert-OH is 1. The molecule has 22 heavy (non-hydrogen) atoms. The van der Waals surface area contributed by atoms with Crippen LogP contribution in [0.4, 0.5) is 0 Å². The van der Waals surface area contributed by atoms with Crippen LogP contribution in [0.2, 0.25) is 0 Å². The normalized spacial score (nSPS) is 13.0. The van der Waals surface area contributed by atoms with Gasteiger partial charge in [0.05, 0.1) is 12.1 Å². The number of aliphatic hydroxyl groups is 1. The minimum Gasteiger partial charge on any atom is -0.489 e. The van der Waals surface area contributed by atoms with Gasteiger partial charge in [-0.3, -0.25) is 0 Å². The summed E-state index contributed by atoms with van der Waals surface area (Å²) in [5.74, 6) is 0.740. The maximum absolute atomic E-state index is 10.1. The Morgan fingerprint density at radius 2 is 1.68 bits per heavy atom. The van der Waals surface area contributed by atoms with Crippen LogP contribution in [0, 0.1) is 0 Å². The van der Waals surface area contributed by atoms with E-state index < -0.39 is 12.1 Å². The van der Waals surface area contributed by atoms with Gasteiger partial charge in [-0.15, -0.1) is 12.4 Å². The highest BCUT2D eigenvalue weighted by Crippen LogP contribution is 2.27. The van der Waals surface area contributed by atoms with Crippen molar-refractivity contribution in [3.05, 3.63) is 65.7 Å². The van der Waals surface area contributed by atoms with Gasteiger partial charge in [0.2, 0.25) is 0 Å². The molecular weight excluding hydrogens is 298 g/mol. The van der Waals surface area contributed by atoms with Gasteiger partial charge in [0.1, 0.15) is 12.4 Å². The van der Waals surface area contributed by atoms with Gasteiger partial charge < -0.3 is 15.6 Å². The molecule has 0 saturated heterocycles. The molecule has 0 aliphatic heterocycles.